The van der Waals surface area contributed by atoms with Crippen LogP contribution >= 0.6 is 0 Å². The summed E-state index contributed by atoms with van der Waals surface area (Å²) >= 11 is 0. The van der Waals surface area contributed by atoms with Crippen molar-refractivity contribution in [2.75, 3.05) is 46.0 Å². The lowest BCUT2D eigenvalue weighted by Gasteiger charge is -2.12. The fourth-order valence-electron chi connectivity index (χ4n) is 2.45. The van der Waals surface area contributed by atoms with Gasteiger partial charge < -0.3 is 25.4 Å². The minimum atomic E-state index is -0.130. The highest BCUT2D eigenvalue weighted by Crippen LogP contribution is 2.08. The third-order valence-electron chi connectivity index (χ3n) is 3.78. The van der Waals surface area contributed by atoms with E-state index in [2.05, 4.69) is 25.9 Å². The molecule has 2 rings (SSSR count). The monoisotopic (exact) mass is 363 g/mol. The van der Waals surface area contributed by atoms with E-state index in [0.717, 1.165) is 32.0 Å². The molecule has 1 amide bonds. The van der Waals surface area contributed by atoms with Crippen molar-refractivity contribution in [2.24, 2.45) is 4.99 Å². The van der Waals surface area contributed by atoms with Gasteiger partial charge in [-0.3, -0.25) is 14.8 Å². The predicted octanol–water partition coefficient (Wildman–Crippen LogP) is 0.562. The van der Waals surface area contributed by atoms with Gasteiger partial charge in [0, 0.05) is 51.8 Å². The third kappa shape index (κ3) is 7.79. The molecule has 0 bridgehead atoms. The van der Waals surface area contributed by atoms with Gasteiger partial charge in [-0.15, -0.1) is 0 Å². The van der Waals surface area contributed by atoms with E-state index in [9.17, 15) is 4.79 Å². The van der Waals surface area contributed by atoms with Crippen molar-refractivity contribution < 1.29 is 14.3 Å². The second kappa shape index (κ2) is 12.2. The van der Waals surface area contributed by atoms with E-state index < -0.39 is 0 Å². The van der Waals surface area contributed by atoms with Gasteiger partial charge in [-0.25, -0.2) is 0 Å². The molecule has 1 aliphatic rings. The van der Waals surface area contributed by atoms with Gasteiger partial charge >= 0.3 is 0 Å². The Labute approximate surface area is 154 Å². The van der Waals surface area contributed by atoms with Crippen molar-refractivity contribution in [3.05, 3.63) is 30.1 Å². The molecule has 0 radical (unpaired) electrons. The van der Waals surface area contributed by atoms with Crippen LogP contribution in [0.3, 0.4) is 0 Å². The molecule has 0 aliphatic carbocycles. The molecule has 1 aromatic rings. The number of hydrogen-bond acceptors (Lipinski definition) is 5. The number of ether oxygens (including phenoxy) is 2. The van der Waals surface area contributed by atoms with Gasteiger partial charge in [-0.2, -0.15) is 0 Å². The zero-order chi connectivity index (χ0) is 18.5. The van der Waals surface area contributed by atoms with Gasteiger partial charge in [0.05, 0.1) is 18.3 Å². The summed E-state index contributed by atoms with van der Waals surface area (Å²) in [6.07, 6.45) is 5.29. The Hall–Kier alpha value is -2.19. The molecule has 1 atom stereocenters. The largest absolute Gasteiger partial charge is 0.379 e. The summed E-state index contributed by atoms with van der Waals surface area (Å²) in [5.41, 5.74) is 0.556. The lowest BCUT2D eigenvalue weighted by molar-refractivity contribution is 0.0424. The SMILES string of the molecule is CCNC(=NCCCOC1CCOC1)NCCNC(=O)c1cccnc1. The van der Waals surface area contributed by atoms with Crippen LogP contribution in [0, 0.1) is 0 Å². The average Bonchev–Trinajstić information content (AvgIpc) is 3.18. The second-order valence-corrected chi connectivity index (χ2v) is 5.89. The number of amides is 1. The van der Waals surface area contributed by atoms with Crippen molar-refractivity contribution in [3.63, 3.8) is 0 Å². The first-order chi connectivity index (χ1) is 12.8. The Kier molecular flexibility index (Phi) is 9.45. The van der Waals surface area contributed by atoms with Crippen LogP contribution in [0.2, 0.25) is 0 Å². The Morgan fingerprint density at radius 2 is 2.27 bits per heavy atom. The highest BCUT2D eigenvalue weighted by atomic mass is 16.5. The summed E-state index contributed by atoms with van der Waals surface area (Å²) < 4.78 is 11.0. The van der Waals surface area contributed by atoms with Crippen LogP contribution in [0.4, 0.5) is 0 Å². The van der Waals surface area contributed by atoms with Crippen molar-refractivity contribution in [3.8, 4) is 0 Å². The van der Waals surface area contributed by atoms with E-state index in [4.69, 9.17) is 9.47 Å². The summed E-state index contributed by atoms with van der Waals surface area (Å²) in [4.78, 5) is 20.4. The summed E-state index contributed by atoms with van der Waals surface area (Å²) in [6, 6.07) is 3.48. The van der Waals surface area contributed by atoms with Gasteiger partial charge in [0.15, 0.2) is 5.96 Å². The zero-order valence-electron chi connectivity index (χ0n) is 15.4. The molecule has 3 N–H and O–H groups in total. The van der Waals surface area contributed by atoms with Gasteiger partial charge in [-0.1, -0.05) is 0 Å². The molecule has 8 heteroatoms. The normalized spacial score (nSPS) is 17.1. The van der Waals surface area contributed by atoms with Gasteiger partial charge in [0.2, 0.25) is 0 Å². The molecule has 1 aromatic heterocycles. The van der Waals surface area contributed by atoms with Crippen LogP contribution in [0.15, 0.2) is 29.5 Å². The standard InChI is InChI=1S/C18H29N5O3/c1-2-20-18(22-8-4-11-26-16-6-12-25-14-16)23-10-9-21-17(24)15-5-3-7-19-13-15/h3,5,7,13,16H,2,4,6,8-12,14H2,1H3,(H,21,24)(H2,20,22,23). The van der Waals surface area contributed by atoms with E-state index in [1.54, 1.807) is 24.5 Å². The fourth-order valence-corrected chi connectivity index (χ4v) is 2.45. The van der Waals surface area contributed by atoms with Crippen LogP contribution in [0.25, 0.3) is 0 Å². The Morgan fingerprint density at radius 3 is 3.00 bits per heavy atom. The minimum Gasteiger partial charge on any atom is -0.379 e. The molecule has 0 saturated carbocycles. The van der Waals surface area contributed by atoms with E-state index in [0.29, 0.717) is 38.4 Å². The average molecular weight is 363 g/mol. The zero-order valence-corrected chi connectivity index (χ0v) is 15.4. The highest BCUT2D eigenvalue weighted by Gasteiger charge is 2.15. The number of hydrogen-bond donors (Lipinski definition) is 3. The number of guanidine groups is 1. The Bertz CT molecular complexity index is 547. The first-order valence-electron chi connectivity index (χ1n) is 9.19. The van der Waals surface area contributed by atoms with E-state index >= 15 is 0 Å². The van der Waals surface area contributed by atoms with Crippen LogP contribution in [-0.2, 0) is 9.47 Å². The molecule has 8 nitrogen and oxygen atoms in total. The molecule has 1 saturated heterocycles. The lowest BCUT2D eigenvalue weighted by Crippen LogP contribution is -2.41. The Morgan fingerprint density at radius 1 is 1.38 bits per heavy atom. The summed E-state index contributed by atoms with van der Waals surface area (Å²) in [5.74, 6) is 0.613. The quantitative estimate of drug-likeness (QED) is 0.319. The van der Waals surface area contributed by atoms with Crippen LogP contribution < -0.4 is 16.0 Å². The summed E-state index contributed by atoms with van der Waals surface area (Å²) in [6.45, 7) is 6.78. The first-order valence-corrected chi connectivity index (χ1v) is 9.19. The maximum absolute atomic E-state index is 11.9. The predicted molar refractivity (Wildman–Crippen MR) is 100 cm³/mol. The smallest absolute Gasteiger partial charge is 0.252 e. The summed E-state index contributed by atoms with van der Waals surface area (Å²) in [7, 11) is 0. The lowest BCUT2D eigenvalue weighted by atomic mass is 10.3. The molecular weight excluding hydrogens is 334 g/mol. The number of pyridine rings is 1. The Balaban J connectivity index is 1.59. The first kappa shape index (κ1) is 20.1. The number of nitrogens with zero attached hydrogens (tertiary/aromatic N) is 2. The van der Waals surface area contributed by atoms with Gasteiger partial charge in [0.1, 0.15) is 0 Å². The molecule has 1 unspecified atom stereocenters. The van der Waals surface area contributed by atoms with Crippen molar-refractivity contribution in [1.29, 1.82) is 0 Å². The molecule has 0 spiro atoms. The van der Waals surface area contributed by atoms with Crippen molar-refractivity contribution >= 4 is 11.9 Å². The topological polar surface area (TPSA) is 96.9 Å². The fraction of sp³-hybridized carbons (Fsp3) is 0.611. The van der Waals surface area contributed by atoms with E-state index in [1.807, 2.05) is 6.92 Å². The molecule has 0 aromatic carbocycles. The molecule has 2 heterocycles. The second-order valence-electron chi connectivity index (χ2n) is 5.89. The number of carbonyl (C=O) groups excluding carboxylic acids is 1. The van der Waals surface area contributed by atoms with Crippen molar-refractivity contribution in [1.82, 2.24) is 20.9 Å². The minimum absolute atomic E-state index is 0.130. The number of aromatic nitrogens is 1. The molecule has 144 valence electrons. The maximum Gasteiger partial charge on any atom is 0.252 e. The number of nitrogens with one attached hydrogen (secondary N) is 3. The van der Waals surface area contributed by atoms with Gasteiger partial charge in [0.25, 0.3) is 5.91 Å². The van der Waals surface area contributed by atoms with E-state index in [-0.39, 0.29) is 12.0 Å². The van der Waals surface area contributed by atoms with Crippen LogP contribution in [0.1, 0.15) is 30.1 Å². The van der Waals surface area contributed by atoms with Gasteiger partial charge in [-0.05, 0) is 31.9 Å². The van der Waals surface area contributed by atoms with E-state index in [1.165, 1.54) is 0 Å². The number of aliphatic imine (C=N–C) groups is 1. The summed E-state index contributed by atoms with van der Waals surface area (Å²) in [5, 5.41) is 9.25. The maximum atomic E-state index is 11.9. The number of rotatable bonds is 10. The van der Waals surface area contributed by atoms with Crippen LogP contribution in [0.5, 0.6) is 0 Å². The van der Waals surface area contributed by atoms with Crippen LogP contribution in [-0.4, -0.2) is 69.0 Å². The molecular formula is C18H29N5O3. The van der Waals surface area contributed by atoms with Crippen molar-refractivity contribution in [2.45, 2.75) is 25.9 Å². The number of carbonyl (C=O) groups is 1. The molecule has 1 aliphatic heterocycles. The molecule has 1 fully saturated rings. The highest BCUT2D eigenvalue weighted by molar-refractivity contribution is 5.93. The molecule has 26 heavy (non-hydrogen) atoms. The third-order valence-corrected chi connectivity index (χ3v) is 3.78.